The number of aryl methyl sites for hydroxylation is 1. The summed E-state index contributed by atoms with van der Waals surface area (Å²) in [6.45, 7) is 2.89. The third-order valence-electron chi connectivity index (χ3n) is 3.89. The first-order valence-electron chi connectivity index (χ1n) is 8.71. The molecule has 0 aliphatic carbocycles. The number of carbonyl (C=O) groups is 1. The Morgan fingerprint density at radius 2 is 2.04 bits per heavy atom. The molecule has 0 aliphatic heterocycles. The van der Waals surface area contributed by atoms with E-state index >= 15 is 0 Å². The maximum Gasteiger partial charge on any atom is 0.315 e. The molecule has 28 heavy (non-hydrogen) atoms. The maximum absolute atomic E-state index is 13.8. The van der Waals surface area contributed by atoms with E-state index in [1.165, 1.54) is 16.9 Å². The molecular formula is C20H20F2N4O2. The molecule has 146 valence electrons. The van der Waals surface area contributed by atoms with Gasteiger partial charge in [-0.1, -0.05) is 12.1 Å². The lowest BCUT2D eigenvalue weighted by Crippen LogP contribution is -2.37. The Hall–Kier alpha value is -3.42. The van der Waals surface area contributed by atoms with E-state index in [2.05, 4.69) is 15.7 Å². The second kappa shape index (κ2) is 8.98. The minimum Gasteiger partial charge on any atom is -0.492 e. The van der Waals surface area contributed by atoms with E-state index in [0.29, 0.717) is 18.7 Å². The van der Waals surface area contributed by atoms with Crippen molar-refractivity contribution in [3.63, 3.8) is 0 Å². The fourth-order valence-electron chi connectivity index (χ4n) is 2.53. The van der Waals surface area contributed by atoms with E-state index < -0.39 is 11.6 Å². The van der Waals surface area contributed by atoms with Gasteiger partial charge in [0.25, 0.3) is 0 Å². The van der Waals surface area contributed by atoms with Crippen molar-refractivity contribution < 1.29 is 18.3 Å². The highest BCUT2D eigenvalue weighted by molar-refractivity contribution is 5.73. The van der Waals surface area contributed by atoms with Crippen LogP contribution in [-0.4, -0.2) is 29.0 Å². The van der Waals surface area contributed by atoms with Gasteiger partial charge >= 0.3 is 6.03 Å². The number of hydrogen-bond acceptors (Lipinski definition) is 3. The Balaban J connectivity index is 1.42. The second-order valence-electron chi connectivity index (χ2n) is 6.16. The molecule has 0 aliphatic rings. The first-order valence-corrected chi connectivity index (χ1v) is 8.71. The lowest BCUT2D eigenvalue weighted by atomic mass is 10.2. The number of hydrogen-bond donors (Lipinski definition) is 2. The lowest BCUT2D eigenvalue weighted by molar-refractivity contribution is 0.236. The summed E-state index contributed by atoms with van der Waals surface area (Å²) in [5, 5.41) is 9.40. The number of nitrogens with zero attached hydrogens (tertiary/aromatic N) is 2. The number of nitrogens with one attached hydrogen (secondary N) is 2. The number of aromatic nitrogens is 2. The largest absolute Gasteiger partial charge is 0.492 e. The molecule has 0 fully saturated rings. The topological polar surface area (TPSA) is 68.2 Å². The standard InChI is InChI=1S/C20H20F2N4O2/c1-14-3-2-4-17(9-14)28-8-7-23-20(27)24-11-15-12-25-26(13-15)19-6-5-16(21)10-18(19)22/h2-6,9-10,12-13H,7-8,11H2,1H3,(H2,23,24,27). The quantitative estimate of drug-likeness (QED) is 0.612. The van der Waals surface area contributed by atoms with E-state index in [4.69, 9.17) is 4.74 Å². The highest BCUT2D eigenvalue weighted by Crippen LogP contribution is 2.14. The van der Waals surface area contributed by atoms with Gasteiger partial charge in [-0.05, 0) is 36.8 Å². The minimum atomic E-state index is -0.714. The molecule has 0 atom stereocenters. The van der Waals surface area contributed by atoms with Crippen molar-refractivity contribution in [2.45, 2.75) is 13.5 Å². The van der Waals surface area contributed by atoms with Crippen LogP contribution in [0.25, 0.3) is 5.69 Å². The molecule has 0 saturated carbocycles. The molecule has 1 aromatic heterocycles. The van der Waals surface area contributed by atoms with Crippen LogP contribution in [0.5, 0.6) is 5.75 Å². The van der Waals surface area contributed by atoms with E-state index in [9.17, 15) is 13.6 Å². The lowest BCUT2D eigenvalue weighted by Gasteiger charge is -2.09. The molecule has 2 amide bonds. The average Bonchev–Trinajstić information content (AvgIpc) is 3.12. The van der Waals surface area contributed by atoms with Gasteiger partial charge in [-0.15, -0.1) is 0 Å². The van der Waals surface area contributed by atoms with Gasteiger partial charge < -0.3 is 15.4 Å². The van der Waals surface area contributed by atoms with Gasteiger partial charge in [-0.25, -0.2) is 18.3 Å². The zero-order valence-electron chi connectivity index (χ0n) is 15.3. The van der Waals surface area contributed by atoms with Crippen LogP contribution >= 0.6 is 0 Å². The summed E-state index contributed by atoms with van der Waals surface area (Å²) in [5.74, 6) is -0.616. The van der Waals surface area contributed by atoms with Crippen LogP contribution in [0.2, 0.25) is 0 Å². The number of urea groups is 1. The van der Waals surface area contributed by atoms with Crippen LogP contribution in [0.4, 0.5) is 13.6 Å². The van der Waals surface area contributed by atoms with Crippen molar-refractivity contribution >= 4 is 6.03 Å². The predicted octanol–water partition coefficient (Wildman–Crippen LogP) is 3.34. The second-order valence-corrected chi connectivity index (χ2v) is 6.16. The van der Waals surface area contributed by atoms with E-state index in [1.54, 1.807) is 6.20 Å². The van der Waals surface area contributed by atoms with E-state index in [1.807, 2.05) is 31.2 Å². The van der Waals surface area contributed by atoms with E-state index in [-0.39, 0.29) is 18.3 Å². The van der Waals surface area contributed by atoms with Crippen LogP contribution in [0, 0.1) is 18.6 Å². The summed E-state index contributed by atoms with van der Waals surface area (Å²) < 4.78 is 33.6. The van der Waals surface area contributed by atoms with Crippen LogP contribution < -0.4 is 15.4 Å². The molecule has 3 aromatic rings. The van der Waals surface area contributed by atoms with Crippen LogP contribution in [0.1, 0.15) is 11.1 Å². The summed E-state index contributed by atoms with van der Waals surface area (Å²) in [6, 6.07) is 10.6. The molecule has 6 nitrogen and oxygen atoms in total. The Bertz CT molecular complexity index is 959. The van der Waals surface area contributed by atoms with Gasteiger partial charge in [0, 0.05) is 24.4 Å². The number of amides is 2. The highest BCUT2D eigenvalue weighted by atomic mass is 19.1. The monoisotopic (exact) mass is 386 g/mol. The zero-order valence-corrected chi connectivity index (χ0v) is 15.3. The fraction of sp³-hybridized carbons (Fsp3) is 0.200. The first-order chi connectivity index (χ1) is 13.5. The molecule has 0 radical (unpaired) electrons. The van der Waals surface area contributed by atoms with Crippen molar-refractivity contribution in [2.24, 2.45) is 0 Å². The number of carbonyl (C=O) groups excluding carboxylic acids is 1. The zero-order chi connectivity index (χ0) is 19.9. The van der Waals surface area contributed by atoms with Crippen LogP contribution in [-0.2, 0) is 6.54 Å². The number of benzene rings is 2. The third kappa shape index (κ3) is 5.29. The SMILES string of the molecule is Cc1cccc(OCCNC(=O)NCc2cnn(-c3ccc(F)cc3F)c2)c1. The fourth-order valence-corrected chi connectivity index (χ4v) is 2.53. The minimum absolute atomic E-state index is 0.130. The van der Waals surface area contributed by atoms with Crippen molar-refractivity contribution in [2.75, 3.05) is 13.2 Å². The molecule has 1 heterocycles. The summed E-state index contributed by atoms with van der Waals surface area (Å²) in [6.07, 6.45) is 3.07. The highest BCUT2D eigenvalue weighted by Gasteiger charge is 2.08. The number of rotatable bonds is 7. The predicted molar refractivity (Wildman–Crippen MR) is 100 cm³/mol. The Morgan fingerprint density at radius 3 is 2.82 bits per heavy atom. The molecule has 2 aromatic carbocycles. The average molecular weight is 386 g/mol. The molecular weight excluding hydrogens is 366 g/mol. The van der Waals surface area contributed by atoms with Gasteiger partial charge in [0.1, 0.15) is 23.9 Å². The molecule has 8 heteroatoms. The Morgan fingerprint density at radius 1 is 1.18 bits per heavy atom. The van der Waals surface area contributed by atoms with E-state index in [0.717, 1.165) is 23.4 Å². The molecule has 3 rings (SSSR count). The summed E-state index contributed by atoms with van der Waals surface area (Å²) in [4.78, 5) is 11.8. The van der Waals surface area contributed by atoms with Crippen molar-refractivity contribution in [3.8, 4) is 11.4 Å². The van der Waals surface area contributed by atoms with Crippen LogP contribution in [0.3, 0.4) is 0 Å². The van der Waals surface area contributed by atoms with Crippen molar-refractivity contribution in [3.05, 3.63) is 77.6 Å². The maximum atomic E-state index is 13.8. The summed E-state index contributed by atoms with van der Waals surface area (Å²) in [5.41, 5.74) is 1.91. The number of ether oxygens (including phenoxy) is 1. The normalized spacial score (nSPS) is 10.5. The van der Waals surface area contributed by atoms with Gasteiger partial charge in [0.05, 0.1) is 12.7 Å². The van der Waals surface area contributed by atoms with Gasteiger partial charge in [-0.3, -0.25) is 0 Å². The molecule has 0 unspecified atom stereocenters. The van der Waals surface area contributed by atoms with Crippen LogP contribution in [0.15, 0.2) is 54.9 Å². The van der Waals surface area contributed by atoms with Gasteiger partial charge in [0.2, 0.25) is 0 Å². The third-order valence-corrected chi connectivity index (χ3v) is 3.89. The summed E-state index contributed by atoms with van der Waals surface area (Å²) in [7, 11) is 0. The van der Waals surface area contributed by atoms with Gasteiger partial charge in [-0.2, -0.15) is 5.10 Å². The molecule has 2 N–H and O–H groups in total. The Labute approximate surface area is 161 Å². The smallest absolute Gasteiger partial charge is 0.315 e. The molecule has 0 saturated heterocycles. The molecule has 0 bridgehead atoms. The van der Waals surface area contributed by atoms with Gasteiger partial charge in [0.15, 0.2) is 5.82 Å². The van der Waals surface area contributed by atoms with Crippen molar-refractivity contribution in [1.82, 2.24) is 20.4 Å². The summed E-state index contributed by atoms with van der Waals surface area (Å²) >= 11 is 0. The Kier molecular flexibility index (Phi) is 6.21. The first kappa shape index (κ1) is 19.3. The van der Waals surface area contributed by atoms with Crippen molar-refractivity contribution in [1.29, 1.82) is 0 Å². The number of halogens is 2. The molecule has 0 spiro atoms.